The molecule has 0 amide bonds. The Balaban J connectivity index is 2.39. The molecule has 0 aromatic heterocycles. The third kappa shape index (κ3) is 2.58. The fourth-order valence-corrected chi connectivity index (χ4v) is 4.74. The predicted octanol–water partition coefficient (Wildman–Crippen LogP) is 2.76. The highest BCUT2D eigenvalue weighted by molar-refractivity contribution is 7.99. The van der Waals surface area contributed by atoms with Crippen LogP contribution in [0.3, 0.4) is 0 Å². The van der Waals surface area contributed by atoms with Crippen molar-refractivity contribution in [2.45, 2.75) is 36.5 Å². The van der Waals surface area contributed by atoms with E-state index >= 15 is 0 Å². The molecule has 3 nitrogen and oxygen atoms in total. The number of aryl methyl sites for hydroxylation is 1. The summed E-state index contributed by atoms with van der Waals surface area (Å²) in [5, 5.41) is 0. The molecule has 18 heavy (non-hydrogen) atoms. The number of nitrogens with zero attached hydrogens (tertiary/aromatic N) is 1. The zero-order valence-electron chi connectivity index (χ0n) is 10.8. The fourth-order valence-electron chi connectivity index (χ4n) is 2.21. The van der Waals surface area contributed by atoms with Crippen molar-refractivity contribution in [1.82, 2.24) is 4.31 Å². The third-order valence-electron chi connectivity index (χ3n) is 3.22. The van der Waals surface area contributed by atoms with E-state index in [9.17, 15) is 8.42 Å². The van der Waals surface area contributed by atoms with E-state index in [4.69, 9.17) is 0 Å². The van der Waals surface area contributed by atoms with Crippen molar-refractivity contribution in [3.05, 3.63) is 23.8 Å². The second kappa shape index (κ2) is 5.63. The van der Waals surface area contributed by atoms with Crippen LogP contribution in [0, 0.1) is 0 Å². The van der Waals surface area contributed by atoms with Crippen LogP contribution in [0.2, 0.25) is 0 Å². The highest BCUT2D eigenvalue weighted by Crippen LogP contribution is 2.32. The standard InChI is InChI=1S/C13H19NO2S2/c1-3-14(4-2)18(15,16)12-7-8-13-11(10-12)6-5-9-17-13/h7-8,10H,3-6,9H2,1-2H3. The Morgan fingerprint density at radius 2 is 2.00 bits per heavy atom. The molecular weight excluding hydrogens is 266 g/mol. The third-order valence-corrected chi connectivity index (χ3v) is 6.47. The summed E-state index contributed by atoms with van der Waals surface area (Å²) in [5.41, 5.74) is 1.18. The summed E-state index contributed by atoms with van der Waals surface area (Å²) in [5.74, 6) is 1.13. The average Bonchev–Trinajstić information content (AvgIpc) is 2.39. The normalized spacial score (nSPS) is 15.7. The summed E-state index contributed by atoms with van der Waals surface area (Å²) in [6, 6.07) is 5.55. The van der Waals surface area contributed by atoms with Gasteiger partial charge in [-0.05, 0) is 42.4 Å². The van der Waals surface area contributed by atoms with Gasteiger partial charge in [-0.2, -0.15) is 4.31 Å². The van der Waals surface area contributed by atoms with Crippen LogP contribution in [-0.4, -0.2) is 31.6 Å². The molecule has 100 valence electrons. The van der Waals surface area contributed by atoms with E-state index < -0.39 is 10.0 Å². The van der Waals surface area contributed by atoms with Gasteiger partial charge in [-0.1, -0.05) is 13.8 Å². The van der Waals surface area contributed by atoms with Crippen LogP contribution in [0.4, 0.5) is 0 Å². The van der Waals surface area contributed by atoms with Crippen LogP contribution in [0.25, 0.3) is 0 Å². The smallest absolute Gasteiger partial charge is 0.207 e. The molecule has 0 atom stereocenters. The van der Waals surface area contributed by atoms with Gasteiger partial charge < -0.3 is 0 Å². The van der Waals surface area contributed by atoms with Gasteiger partial charge in [0, 0.05) is 18.0 Å². The van der Waals surface area contributed by atoms with Crippen LogP contribution < -0.4 is 0 Å². The van der Waals surface area contributed by atoms with E-state index in [-0.39, 0.29) is 0 Å². The quantitative estimate of drug-likeness (QED) is 0.853. The minimum absolute atomic E-state index is 0.437. The summed E-state index contributed by atoms with van der Waals surface area (Å²) in [4.78, 5) is 1.67. The molecular formula is C13H19NO2S2. The van der Waals surface area contributed by atoms with Crippen molar-refractivity contribution in [3.8, 4) is 0 Å². The first kappa shape index (κ1) is 13.9. The van der Waals surface area contributed by atoms with Gasteiger partial charge in [0.25, 0.3) is 0 Å². The molecule has 0 bridgehead atoms. The first-order chi connectivity index (χ1) is 8.59. The molecule has 0 saturated carbocycles. The molecule has 2 rings (SSSR count). The number of rotatable bonds is 4. The van der Waals surface area contributed by atoms with Crippen molar-refractivity contribution < 1.29 is 8.42 Å². The molecule has 5 heteroatoms. The number of hydrogen-bond acceptors (Lipinski definition) is 3. The predicted molar refractivity (Wildman–Crippen MR) is 75.6 cm³/mol. The van der Waals surface area contributed by atoms with Gasteiger partial charge in [0.05, 0.1) is 4.90 Å². The van der Waals surface area contributed by atoms with E-state index in [1.807, 2.05) is 37.7 Å². The molecule has 0 radical (unpaired) electrons. The van der Waals surface area contributed by atoms with Gasteiger partial charge in [-0.15, -0.1) is 11.8 Å². The number of hydrogen-bond donors (Lipinski definition) is 0. The molecule has 0 aliphatic carbocycles. The minimum Gasteiger partial charge on any atom is -0.207 e. The van der Waals surface area contributed by atoms with Crippen LogP contribution in [0.5, 0.6) is 0 Å². The van der Waals surface area contributed by atoms with Crippen molar-refractivity contribution >= 4 is 21.8 Å². The Morgan fingerprint density at radius 1 is 1.28 bits per heavy atom. The van der Waals surface area contributed by atoms with Crippen LogP contribution in [-0.2, 0) is 16.4 Å². The fraction of sp³-hybridized carbons (Fsp3) is 0.538. The summed E-state index contributed by atoms with van der Waals surface area (Å²) < 4.78 is 26.3. The molecule has 1 aromatic carbocycles. The Bertz CT molecular complexity index is 522. The number of fused-ring (bicyclic) bond motifs is 1. The molecule has 0 saturated heterocycles. The van der Waals surface area contributed by atoms with Gasteiger partial charge in [0.2, 0.25) is 10.0 Å². The highest BCUT2D eigenvalue weighted by Gasteiger charge is 2.23. The largest absolute Gasteiger partial charge is 0.243 e. The Labute approximate surface area is 114 Å². The van der Waals surface area contributed by atoms with Crippen LogP contribution in [0.1, 0.15) is 25.8 Å². The lowest BCUT2D eigenvalue weighted by molar-refractivity contribution is 0.445. The van der Waals surface area contributed by atoms with Gasteiger partial charge in [0.15, 0.2) is 0 Å². The highest BCUT2D eigenvalue weighted by atomic mass is 32.2. The van der Waals surface area contributed by atoms with E-state index in [1.165, 1.54) is 14.8 Å². The lowest BCUT2D eigenvalue weighted by Gasteiger charge is -2.21. The van der Waals surface area contributed by atoms with Gasteiger partial charge in [0.1, 0.15) is 0 Å². The SMILES string of the molecule is CCN(CC)S(=O)(=O)c1ccc2c(c1)CCCS2. The number of thioether (sulfide) groups is 1. The molecule has 0 spiro atoms. The maximum absolute atomic E-state index is 12.4. The van der Waals surface area contributed by atoms with E-state index in [0.29, 0.717) is 18.0 Å². The maximum atomic E-state index is 12.4. The molecule has 1 aromatic rings. The molecule has 0 unspecified atom stereocenters. The minimum atomic E-state index is -3.31. The van der Waals surface area contributed by atoms with Crippen LogP contribution in [0.15, 0.2) is 28.0 Å². The van der Waals surface area contributed by atoms with E-state index in [0.717, 1.165) is 18.6 Å². The zero-order valence-corrected chi connectivity index (χ0v) is 12.5. The molecule has 0 N–H and O–H groups in total. The van der Waals surface area contributed by atoms with Crippen LogP contribution >= 0.6 is 11.8 Å². The summed E-state index contributed by atoms with van der Waals surface area (Å²) >= 11 is 1.82. The number of benzene rings is 1. The molecule has 1 aliphatic rings. The second-order valence-electron chi connectivity index (χ2n) is 4.31. The van der Waals surface area contributed by atoms with Gasteiger partial charge >= 0.3 is 0 Å². The lowest BCUT2D eigenvalue weighted by Crippen LogP contribution is -2.30. The maximum Gasteiger partial charge on any atom is 0.243 e. The average molecular weight is 285 g/mol. The van der Waals surface area contributed by atoms with Crippen molar-refractivity contribution in [3.63, 3.8) is 0 Å². The van der Waals surface area contributed by atoms with Crippen molar-refractivity contribution in [1.29, 1.82) is 0 Å². The Kier molecular flexibility index (Phi) is 4.35. The number of sulfonamides is 1. The molecule has 1 aliphatic heterocycles. The molecule has 1 heterocycles. The van der Waals surface area contributed by atoms with Gasteiger partial charge in [-0.25, -0.2) is 8.42 Å². The van der Waals surface area contributed by atoms with E-state index in [2.05, 4.69) is 0 Å². The first-order valence-corrected chi connectivity index (χ1v) is 8.78. The summed E-state index contributed by atoms with van der Waals surface area (Å²) in [6.45, 7) is 4.78. The lowest BCUT2D eigenvalue weighted by atomic mass is 10.1. The topological polar surface area (TPSA) is 37.4 Å². The molecule has 0 fully saturated rings. The van der Waals surface area contributed by atoms with E-state index in [1.54, 1.807) is 6.07 Å². The second-order valence-corrected chi connectivity index (χ2v) is 7.39. The zero-order chi connectivity index (χ0) is 13.2. The van der Waals surface area contributed by atoms with Gasteiger partial charge in [-0.3, -0.25) is 0 Å². The Hall–Kier alpha value is -0.520. The first-order valence-electron chi connectivity index (χ1n) is 6.35. The summed E-state index contributed by atoms with van der Waals surface area (Å²) in [6.07, 6.45) is 2.12. The van der Waals surface area contributed by atoms with Crippen molar-refractivity contribution in [2.24, 2.45) is 0 Å². The Morgan fingerprint density at radius 3 is 2.67 bits per heavy atom. The van der Waals surface area contributed by atoms with Crippen molar-refractivity contribution in [2.75, 3.05) is 18.8 Å². The summed E-state index contributed by atoms with van der Waals surface area (Å²) in [7, 11) is -3.31. The monoisotopic (exact) mass is 285 g/mol.